The molecular formula is C20H20N4O3. The lowest BCUT2D eigenvalue weighted by Crippen LogP contribution is -2.13. The zero-order chi connectivity index (χ0) is 19.2. The summed E-state index contributed by atoms with van der Waals surface area (Å²) in [7, 11) is 3.09. The Morgan fingerprint density at radius 2 is 1.67 bits per heavy atom. The van der Waals surface area contributed by atoms with Gasteiger partial charge in [-0.3, -0.25) is 4.79 Å². The Balaban J connectivity index is 1.70. The number of hydrogen-bond donors (Lipinski definition) is 2. The number of methoxy groups -OCH3 is 2. The molecule has 1 amide bonds. The standard InChI is InChI=1S/C20H20N4O3/c1-13-6-4-5-7-16(13)24-20-21-11-14(12-22-20)19(25)23-15-8-9-17(26-2)18(10-15)27-3/h4-12H,1-3H3,(H,23,25)(H,21,22,24). The first-order valence-corrected chi connectivity index (χ1v) is 8.29. The van der Waals surface area contributed by atoms with Gasteiger partial charge in [0, 0.05) is 29.8 Å². The van der Waals surface area contributed by atoms with Crippen LogP contribution in [0.3, 0.4) is 0 Å². The van der Waals surface area contributed by atoms with Crippen molar-refractivity contribution in [3.05, 3.63) is 66.0 Å². The molecule has 1 heterocycles. The van der Waals surface area contributed by atoms with E-state index in [0.717, 1.165) is 11.3 Å². The van der Waals surface area contributed by atoms with E-state index in [4.69, 9.17) is 9.47 Å². The average Bonchev–Trinajstić information content (AvgIpc) is 2.70. The summed E-state index contributed by atoms with van der Waals surface area (Å²) in [4.78, 5) is 20.8. The van der Waals surface area contributed by atoms with E-state index in [9.17, 15) is 4.79 Å². The second kappa shape index (κ2) is 8.18. The molecule has 2 aromatic carbocycles. The molecule has 0 radical (unpaired) electrons. The molecular weight excluding hydrogens is 344 g/mol. The van der Waals surface area contributed by atoms with Gasteiger partial charge in [-0.1, -0.05) is 18.2 Å². The first-order chi connectivity index (χ1) is 13.1. The minimum atomic E-state index is -0.315. The lowest BCUT2D eigenvalue weighted by atomic mass is 10.2. The van der Waals surface area contributed by atoms with E-state index in [-0.39, 0.29) is 5.91 Å². The van der Waals surface area contributed by atoms with Gasteiger partial charge < -0.3 is 20.1 Å². The second-order valence-electron chi connectivity index (χ2n) is 5.76. The fourth-order valence-corrected chi connectivity index (χ4v) is 2.46. The minimum Gasteiger partial charge on any atom is -0.493 e. The van der Waals surface area contributed by atoms with Crippen molar-refractivity contribution < 1.29 is 14.3 Å². The van der Waals surface area contributed by atoms with Crippen LogP contribution >= 0.6 is 0 Å². The van der Waals surface area contributed by atoms with Crippen molar-refractivity contribution in [2.75, 3.05) is 24.9 Å². The molecule has 0 aliphatic heterocycles. The highest BCUT2D eigenvalue weighted by Gasteiger charge is 2.11. The number of benzene rings is 2. The summed E-state index contributed by atoms with van der Waals surface area (Å²) in [5, 5.41) is 5.92. The number of anilines is 3. The number of nitrogens with one attached hydrogen (secondary N) is 2. The summed E-state index contributed by atoms with van der Waals surface area (Å²) in [6.45, 7) is 1.99. The molecule has 2 N–H and O–H groups in total. The predicted octanol–water partition coefficient (Wildman–Crippen LogP) is 3.80. The first kappa shape index (κ1) is 18.2. The third-order valence-electron chi connectivity index (χ3n) is 3.95. The Bertz CT molecular complexity index is 942. The minimum absolute atomic E-state index is 0.315. The lowest BCUT2D eigenvalue weighted by Gasteiger charge is -2.11. The van der Waals surface area contributed by atoms with Gasteiger partial charge in [-0.15, -0.1) is 0 Å². The van der Waals surface area contributed by atoms with Gasteiger partial charge in [-0.2, -0.15) is 0 Å². The molecule has 7 heteroatoms. The summed E-state index contributed by atoms with van der Waals surface area (Å²) < 4.78 is 10.4. The van der Waals surface area contributed by atoms with E-state index >= 15 is 0 Å². The molecule has 0 aliphatic rings. The van der Waals surface area contributed by atoms with E-state index in [1.807, 2.05) is 31.2 Å². The van der Waals surface area contributed by atoms with E-state index in [1.165, 1.54) is 19.5 Å². The van der Waals surface area contributed by atoms with Crippen LogP contribution in [-0.2, 0) is 0 Å². The third kappa shape index (κ3) is 4.33. The predicted molar refractivity (Wildman–Crippen MR) is 104 cm³/mol. The van der Waals surface area contributed by atoms with Crippen LogP contribution in [0.15, 0.2) is 54.9 Å². The normalized spacial score (nSPS) is 10.2. The molecule has 1 aromatic heterocycles. The number of carbonyl (C=O) groups excluding carboxylic acids is 1. The maximum atomic E-state index is 12.4. The van der Waals surface area contributed by atoms with Gasteiger partial charge in [0.25, 0.3) is 5.91 Å². The van der Waals surface area contributed by atoms with Crippen molar-refractivity contribution in [1.82, 2.24) is 9.97 Å². The maximum Gasteiger partial charge on any atom is 0.258 e. The molecule has 7 nitrogen and oxygen atoms in total. The summed E-state index contributed by atoms with van der Waals surface area (Å²) in [5.41, 5.74) is 2.93. The van der Waals surface area contributed by atoms with Crippen LogP contribution in [-0.4, -0.2) is 30.1 Å². The monoisotopic (exact) mass is 364 g/mol. The second-order valence-corrected chi connectivity index (χ2v) is 5.76. The van der Waals surface area contributed by atoms with E-state index in [2.05, 4.69) is 20.6 Å². The van der Waals surface area contributed by atoms with Crippen molar-refractivity contribution in [2.24, 2.45) is 0 Å². The molecule has 0 saturated carbocycles. The Labute approximate surface area is 157 Å². The van der Waals surface area contributed by atoms with Gasteiger partial charge >= 0.3 is 0 Å². The topological polar surface area (TPSA) is 85.4 Å². The van der Waals surface area contributed by atoms with Crippen molar-refractivity contribution in [1.29, 1.82) is 0 Å². The number of carbonyl (C=O) groups is 1. The molecule has 0 unspecified atom stereocenters. The largest absolute Gasteiger partial charge is 0.493 e. The van der Waals surface area contributed by atoms with Gasteiger partial charge in [0.2, 0.25) is 5.95 Å². The quantitative estimate of drug-likeness (QED) is 0.692. The number of para-hydroxylation sites is 1. The number of ether oxygens (including phenoxy) is 2. The molecule has 3 aromatic rings. The molecule has 0 saturated heterocycles. The zero-order valence-electron chi connectivity index (χ0n) is 15.3. The lowest BCUT2D eigenvalue weighted by molar-refractivity contribution is 0.102. The van der Waals surface area contributed by atoms with Crippen LogP contribution in [0.1, 0.15) is 15.9 Å². The smallest absolute Gasteiger partial charge is 0.258 e. The molecule has 138 valence electrons. The van der Waals surface area contributed by atoms with Gasteiger partial charge in [0.1, 0.15) is 0 Å². The highest BCUT2D eigenvalue weighted by Crippen LogP contribution is 2.29. The van der Waals surface area contributed by atoms with Crippen LogP contribution in [0.5, 0.6) is 11.5 Å². The van der Waals surface area contributed by atoms with E-state index in [0.29, 0.717) is 28.7 Å². The van der Waals surface area contributed by atoms with Gasteiger partial charge in [0.05, 0.1) is 19.8 Å². The number of amides is 1. The molecule has 0 fully saturated rings. The van der Waals surface area contributed by atoms with Crippen molar-refractivity contribution >= 4 is 23.2 Å². The highest BCUT2D eigenvalue weighted by molar-refractivity contribution is 6.04. The molecule has 0 bridgehead atoms. The summed E-state index contributed by atoms with van der Waals surface area (Å²) in [5.74, 6) is 1.23. The Hall–Kier alpha value is -3.61. The van der Waals surface area contributed by atoms with Gasteiger partial charge in [-0.05, 0) is 30.7 Å². The Morgan fingerprint density at radius 3 is 2.33 bits per heavy atom. The Kier molecular flexibility index (Phi) is 5.51. The SMILES string of the molecule is COc1ccc(NC(=O)c2cnc(Nc3ccccc3C)nc2)cc1OC. The summed E-state index contributed by atoms with van der Waals surface area (Å²) >= 11 is 0. The molecule has 0 atom stereocenters. The number of rotatable bonds is 6. The molecule has 0 spiro atoms. The average molecular weight is 364 g/mol. The van der Waals surface area contributed by atoms with E-state index < -0.39 is 0 Å². The summed E-state index contributed by atoms with van der Waals surface area (Å²) in [6, 6.07) is 13.0. The van der Waals surface area contributed by atoms with Crippen molar-refractivity contribution in [3.63, 3.8) is 0 Å². The fraction of sp³-hybridized carbons (Fsp3) is 0.150. The molecule has 0 aliphatic carbocycles. The number of hydrogen-bond acceptors (Lipinski definition) is 6. The summed E-state index contributed by atoms with van der Waals surface area (Å²) in [6.07, 6.45) is 2.95. The molecule has 3 rings (SSSR count). The van der Waals surface area contributed by atoms with Gasteiger partial charge in [0.15, 0.2) is 11.5 Å². The highest BCUT2D eigenvalue weighted by atomic mass is 16.5. The van der Waals surface area contributed by atoms with Crippen molar-refractivity contribution in [2.45, 2.75) is 6.92 Å². The van der Waals surface area contributed by atoms with Crippen LogP contribution in [0.25, 0.3) is 0 Å². The fourth-order valence-electron chi connectivity index (χ4n) is 2.46. The first-order valence-electron chi connectivity index (χ1n) is 8.29. The van der Waals surface area contributed by atoms with E-state index in [1.54, 1.807) is 25.3 Å². The van der Waals surface area contributed by atoms with Crippen molar-refractivity contribution in [3.8, 4) is 11.5 Å². The van der Waals surface area contributed by atoms with Crippen LogP contribution in [0.2, 0.25) is 0 Å². The zero-order valence-corrected chi connectivity index (χ0v) is 15.3. The third-order valence-corrected chi connectivity index (χ3v) is 3.95. The number of aryl methyl sites for hydroxylation is 1. The number of aromatic nitrogens is 2. The Morgan fingerprint density at radius 1 is 0.963 bits per heavy atom. The van der Waals surface area contributed by atoms with Gasteiger partial charge in [-0.25, -0.2) is 9.97 Å². The molecule has 27 heavy (non-hydrogen) atoms. The van der Waals surface area contributed by atoms with Crippen LogP contribution < -0.4 is 20.1 Å². The number of nitrogens with zero attached hydrogens (tertiary/aromatic N) is 2. The van der Waals surface area contributed by atoms with Crippen LogP contribution in [0, 0.1) is 6.92 Å². The maximum absolute atomic E-state index is 12.4. The van der Waals surface area contributed by atoms with Crippen LogP contribution in [0.4, 0.5) is 17.3 Å².